The van der Waals surface area contributed by atoms with Crippen molar-refractivity contribution < 1.29 is 4.74 Å². The third kappa shape index (κ3) is 5.73. The Morgan fingerprint density at radius 2 is 2.00 bits per heavy atom. The second kappa shape index (κ2) is 9.32. The van der Waals surface area contributed by atoms with Crippen LogP contribution in [-0.4, -0.2) is 19.3 Å². The summed E-state index contributed by atoms with van der Waals surface area (Å²) in [5.74, 6) is 0.802. The van der Waals surface area contributed by atoms with Crippen molar-refractivity contribution in [2.75, 3.05) is 13.2 Å². The van der Waals surface area contributed by atoms with E-state index in [9.17, 15) is 0 Å². The van der Waals surface area contributed by atoms with Crippen LogP contribution in [0, 0.1) is 5.92 Å². The summed E-state index contributed by atoms with van der Waals surface area (Å²) >= 11 is 0. The minimum absolute atomic E-state index is 0.432. The lowest BCUT2D eigenvalue weighted by molar-refractivity contribution is 0.0665. The molecule has 1 fully saturated rings. The third-order valence-electron chi connectivity index (χ3n) is 4.84. The maximum atomic E-state index is 5.47. The predicted molar refractivity (Wildman–Crippen MR) is 94.2 cm³/mol. The Kier molecular flexibility index (Phi) is 7.41. The number of benzene rings is 1. The average molecular weight is 303 g/mol. The minimum atomic E-state index is 0.432. The highest BCUT2D eigenvalue weighted by molar-refractivity contribution is 5.26. The quantitative estimate of drug-likeness (QED) is 0.738. The molecule has 1 aliphatic rings. The monoisotopic (exact) mass is 303 g/mol. The topological polar surface area (TPSA) is 21.3 Å². The Morgan fingerprint density at radius 1 is 1.23 bits per heavy atom. The Labute approximate surface area is 136 Å². The van der Waals surface area contributed by atoms with Crippen molar-refractivity contribution in [1.82, 2.24) is 5.32 Å². The molecular formula is C20H33NO. The maximum absolute atomic E-state index is 5.47. The number of unbranched alkanes of at least 4 members (excludes halogenated alkanes) is 1. The molecule has 0 radical (unpaired) electrons. The summed E-state index contributed by atoms with van der Waals surface area (Å²) in [6.45, 7) is 8.73. The van der Waals surface area contributed by atoms with E-state index in [1.165, 1.54) is 49.7 Å². The van der Waals surface area contributed by atoms with E-state index in [0.717, 1.165) is 19.1 Å². The van der Waals surface area contributed by atoms with Crippen LogP contribution >= 0.6 is 0 Å². The molecule has 0 aliphatic carbocycles. The van der Waals surface area contributed by atoms with Gasteiger partial charge in [-0.25, -0.2) is 0 Å². The Morgan fingerprint density at radius 3 is 2.73 bits per heavy atom. The van der Waals surface area contributed by atoms with Gasteiger partial charge in [0.15, 0.2) is 0 Å². The first-order valence-electron chi connectivity index (χ1n) is 9.11. The van der Waals surface area contributed by atoms with E-state index in [0.29, 0.717) is 12.1 Å². The fourth-order valence-electron chi connectivity index (χ4n) is 3.39. The average Bonchev–Trinajstić information content (AvgIpc) is 2.54. The summed E-state index contributed by atoms with van der Waals surface area (Å²) in [5.41, 5.74) is 2.91. The fraction of sp³-hybridized carbons (Fsp3) is 0.700. The Bertz CT molecular complexity index is 425. The van der Waals surface area contributed by atoms with Crippen LogP contribution in [0.2, 0.25) is 0 Å². The van der Waals surface area contributed by atoms with Gasteiger partial charge >= 0.3 is 0 Å². The zero-order valence-electron chi connectivity index (χ0n) is 14.6. The van der Waals surface area contributed by atoms with Crippen LogP contribution in [-0.2, 0) is 11.2 Å². The van der Waals surface area contributed by atoms with Gasteiger partial charge in [-0.1, -0.05) is 44.0 Å². The molecule has 1 aromatic rings. The third-order valence-corrected chi connectivity index (χ3v) is 4.84. The zero-order chi connectivity index (χ0) is 15.8. The molecule has 1 N–H and O–H groups in total. The van der Waals surface area contributed by atoms with Gasteiger partial charge in [0.1, 0.15) is 0 Å². The van der Waals surface area contributed by atoms with Crippen LogP contribution in [0.4, 0.5) is 0 Å². The first-order valence-corrected chi connectivity index (χ1v) is 9.11. The van der Waals surface area contributed by atoms with Crippen LogP contribution in [0.25, 0.3) is 0 Å². The van der Waals surface area contributed by atoms with Gasteiger partial charge in [0, 0.05) is 25.3 Å². The van der Waals surface area contributed by atoms with E-state index in [1.807, 2.05) is 0 Å². The molecule has 2 heteroatoms. The molecule has 0 saturated carbocycles. The van der Waals surface area contributed by atoms with Crippen LogP contribution in [0.15, 0.2) is 24.3 Å². The number of ether oxygens (including phenoxy) is 1. The SMILES string of the molecule is CCCCC(C)NC(C)c1cccc(CC2CCOCC2)c1. The standard InChI is InChI=1S/C20H33NO/c1-4-5-7-16(2)21-17(3)20-9-6-8-19(15-20)14-18-10-12-22-13-11-18/h6,8-9,15-18,21H,4-5,7,10-14H2,1-3H3. The van der Waals surface area contributed by atoms with Gasteiger partial charge in [-0.2, -0.15) is 0 Å². The Hall–Kier alpha value is -0.860. The maximum Gasteiger partial charge on any atom is 0.0468 e. The van der Waals surface area contributed by atoms with Gasteiger partial charge in [0.05, 0.1) is 0 Å². The molecule has 0 bridgehead atoms. The summed E-state index contributed by atoms with van der Waals surface area (Å²) in [4.78, 5) is 0. The second-order valence-corrected chi connectivity index (χ2v) is 6.94. The summed E-state index contributed by atoms with van der Waals surface area (Å²) in [7, 11) is 0. The van der Waals surface area contributed by atoms with E-state index in [1.54, 1.807) is 0 Å². The molecule has 2 atom stereocenters. The van der Waals surface area contributed by atoms with Crippen LogP contribution < -0.4 is 5.32 Å². The lowest BCUT2D eigenvalue weighted by Gasteiger charge is -2.23. The summed E-state index contributed by atoms with van der Waals surface area (Å²) in [6, 6.07) is 10.2. The fourth-order valence-corrected chi connectivity index (χ4v) is 3.39. The van der Waals surface area contributed by atoms with Crippen molar-refractivity contribution in [1.29, 1.82) is 0 Å². The molecule has 2 unspecified atom stereocenters. The molecule has 1 aromatic carbocycles. The zero-order valence-corrected chi connectivity index (χ0v) is 14.6. The highest BCUT2D eigenvalue weighted by Gasteiger charge is 2.15. The molecule has 2 rings (SSSR count). The molecule has 1 aliphatic heterocycles. The summed E-state index contributed by atoms with van der Waals surface area (Å²) < 4.78 is 5.47. The van der Waals surface area contributed by atoms with Crippen LogP contribution in [0.3, 0.4) is 0 Å². The molecule has 2 nitrogen and oxygen atoms in total. The number of hydrogen-bond acceptors (Lipinski definition) is 2. The molecule has 124 valence electrons. The van der Waals surface area contributed by atoms with E-state index in [4.69, 9.17) is 4.74 Å². The lowest BCUT2D eigenvalue weighted by Crippen LogP contribution is -2.28. The number of rotatable bonds is 8. The molecule has 22 heavy (non-hydrogen) atoms. The van der Waals surface area contributed by atoms with Gasteiger partial charge in [0.25, 0.3) is 0 Å². The van der Waals surface area contributed by atoms with Crippen LogP contribution in [0.1, 0.15) is 70.0 Å². The van der Waals surface area contributed by atoms with E-state index < -0.39 is 0 Å². The van der Waals surface area contributed by atoms with Crippen molar-refractivity contribution in [3.8, 4) is 0 Å². The summed E-state index contributed by atoms with van der Waals surface area (Å²) in [5, 5.41) is 3.74. The van der Waals surface area contributed by atoms with Gasteiger partial charge in [-0.3, -0.25) is 0 Å². The predicted octanol–water partition coefficient (Wildman–Crippen LogP) is 4.89. The van der Waals surface area contributed by atoms with Crippen molar-refractivity contribution in [2.45, 2.75) is 71.4 Å². The van der Waals surface area contributed by atoms with E-state index in [-0.39, 0.29) is 0 Å². The number of hydrogen-bond donors (Lipinski definition) is 1. The normalized spacial score (nSPS) is 19.0. The lowest BCUT2D eigenvalue weighted by atomic mass is 9.91. The largest absolute Gasteiger partial charge is 0.381 e. The smallest absolute Gasteiger partial charge is 0.0468 e. The molecule has 1 saturated heterocycles. The van der Waals surface area contributed by atoms with E-state index in [2.05, 4.69) is 50.4 Å². The molecule has 0 aromatic heterocycles. The second-order valence-electron chi connectivity index (χ2n) is 6.94. The van der Waals surface area contributed by atoms with Gasteiger partial charge < -0.3 is 10.1 Å². The first-order chi connectivity index (χ1) is 10.7. The van der Waals surface area contributed by atoms with Gasteiger partial charge in [-0.15, -0.1) is 0 Å². The van der Waals surface area contributed by atoms with Crippen molar-refractivity contribution in [3.63, 3.8) is 0 Å². The highest BCUT2D eigenvalue weighted by Crippen LogP contribution is 2.22. The molecule has 1 heterocycles. The van der Waals surface area contributed by atoms with E-state index >= 15 is 0 Å². The minimum Gasteiger partial charge on any atom is -0.381 e. The van der Waals surface area contributed by atoms with Crippen molar-refractivity contribution >= 4 is 0 Å². The summed E-state index contributed by atoms with van der Waals surface area (Å²) in [6.07, 6.45) is 7.49. The van der Waals surface area contributed by atoms with Crippen molar-refractivity contribution in [2.24, 2.45) is 5.92 Å². The van der Waals surface area contributed by atoms with Crippen molar-refractivity contribution in [3.05, 3.63) is 35.4 Å². The molecular weight excluding hydrogens is 270 g/mol. The molecule has 0 amide bonds. The highest BCUT2D eigenvalue weighted by atomic mass is 16.5. The Balaban J connectivity index is 1.89. The van der Waals surface area contributed by atoms with Crippen LogP contribution in [0.5, 0.6) is 0 Å². The molecule has 0 spiro atoms. The van der Waals surface area contributed by atoms with Gasteiger partial charge in [-0.05, 0) is 56.6 Å². The first kappa shape index (κ1) is 17.5. The number of nitrogens with one attached hydrogen (secondary N) is 1. The van der Waals surface area contributed by atoms with Gasteiger partial charge in [0.2, 0.25) is 0 Å².